The molecular formula is C13H14N2O2. The Hall–Kier alpha value is -2.10. The van der Waals surface area contributed by atoms with Gasteiger partial charge in [0.05, 0.1) is 12.0 Å². The quantitative estimate of drug-likeness (QED) is 0.876. The van der Waals surface area contributed by atoms with E-state index in [0.29, 0.717) is 6.42 Å². The minimum atomic E-state index is -0.765. The Morgan fingerprint density at radius 1 is 1.35 bits per heavy atom. The number of carboxylic acid groups (broad SMARTS) is 1. The summed E-state index contributed by atoms with van der Waals surface area (Å²) in [6.45, 7) is 1.94. The van der Waals surface area contributed by atoms with Gasteiger partial charge in [0.2, 0.25) is 0 Å². The summed E-state index contributed by atoms with van der Waals surface area (Å²) in [4.78, 5) is 14.6. The molecule has 1 aromatic heterocycles. The molecule has 0 bridgehead atoms. The SMILES string of the molecule is Cc1cn(-c2ccc(CCC(=O)O)cc2)cn1. The molecule has 0 fully saturated rings. The second-order valence-corrected chi connectivity index (χ2v) is 3.98. The largest absolute Gasteiger partial charge is 0.481 e. The van der Waals surface area contributed by atoms with E-state index in [1.54, 1.807) is 6.33 Å². The van der Waals surface area contributed by atoms with Crippen molar-refractivity contribution in [3.8, 4) is 5.69 Å². The van der Waals surface area contributed by atoms with Gasteiger partial charge in [0.1, 0.15) is 0 Å². The maximum Gasteiger partial charge on any atom is 0.303 e. The van der Waals surface area contributed by atoms with Crippen LogP contribution in [0.4, 0.5) is 0 Å². The van der Waals surface area contributed by atoms with Gasteiger partial charge in [0, 0.05) is 18.3 Å². The summed E-state index contributed by atoms with van der Waals surface area (Å²) < 4.78 is 1.94. The molecule has 0 aliphatic heterocycles. The number of carboxylic acids is 1. The van der Waals surface area contributed by atoms with Gasteiger partial charge in [0.15, 0.2) is 0 Å². The predicted molar refractivity (Wildman–Crippen MR) is 64.3 cm³/mol. The van der Waals surface area contributed by atoms with Crippen LogP contribution in [0, 0.1) is 6.92 Å². The van der Waals surface area contributed by atoms with Crippen LogP contribution in [-0.4, -0.2) is 20.6 Å². The van der Waals surface area contributed by atoms with Crippen molar-refractivity contribution in [2.45, 2.75) is 19.8 Å². The Balaban J connectivity index is 2.10. The van der Waals surface area contributed by atoms with E-state index in [2.05, 4.69) is 4.98 Å². The predicted octanol–water partition coefficient (Wildman–Crippen LogP) is 2.20. The monoisotopic (exact) mass is 230 g/mol. The number of aromatic nitrogens is 2. The van der Waals surface area contributed by atoms with Gasteiger partial charge >= 0.3 is 5.97 Å². The van der Waals surface area contributed by atoms with Crippen LogP contribution in [0.2, 0.25) is 0 Å². The highest BCUT2D eigenvalue weighted by Gasteiger charge is 2.01. The van der Waals surface area contributed by atoms with Gasteiger partial charge in [-0.05, 0) is 31.0 Å². The molecule has 0 saturated heterocycles. The lowest BCUT2D eigenvalue weighted by Crippen LogP contribution is -1.97. The molecule has 0 aliphatic carbocycles. The lowest BCUT2D eigenvalue weighted by molar-refractivity contribution is -0.136. The number of benzene rings is 1. The molecule has 4 heteroatoms. The van der Waals surface area contributed by atoms with Gasteiger partial charge in [-0.25, -0.2) is 4.98 Å². The average Bonchev–Trinajstić information content (AvgIpc) is 2.74. The van der Waals surface area contributed by atoms with Crippen LogP contribution in [-0.2, 0) is 11.2 Å². The normalized spacial score (nSPS) is 10.4. The summed E-state index contributed by atoms with van der Waals surface area (Å²) in [5, 5.41) is 8.60. The van der Waals surface area contributed by atoms with E-state index in [1.165, 1.54) is 0 Å². The van der Waals surface area contributed by atoms with E-state index in [1.807, 2.05) is 42.0 Å². The molecule has 1 aromatic carbocycles. The first kappa shape index (κ1) is 11.4. The van der Waals surface area contributed by atoms with E-state index < -0.39 is 5.97 Å². The molecule has 2 rings (SSSR count). The third-order valence-electron chi connectivity index (χ3n) is 2.57. The number of hydrogen-bond donors (Lipinski definition) is 1. The lowest BCUT2D eigenvalue weighted by atomic mass is 10.1. The second-order valence-electron chi connectivity index (χ2n) is 3.98. The summed E-state index contributed by atoms with van der Waals surface area (Å²) in [5.74, 6) is -0.765. The number of nitrogens with zero attached hydrogens (tertiary/aromatic N) is 2. The van der Waals surface area contributed by atoms with E-state index in [9.17, 15) is 4.79 Å². The standard InChI is InChI=1S/C13H14N2O2/c1-10-8-15(9-14-10)12-5-2-11(3-6-12)4-7-13(16)17/h2-3,5-6,8-9H,4,7H2,1H3,(H,16,17). The first-order valence-electron chi connectivity index (χ1n) is 5.47. The van der Waals surface area contributed by atoms with Crippen molar-refractivity contribution in [3.05, 3.63) is 48.0 Å². The van der Waals surface area contributed by atoms with Gasteiger partial charge in [-0.3, -0.25) is 4.79 Å². The zero-order valence-electron chi connectivity index (χ0n) is 9.63. The Kier molecular flexibility index (Phi) is 3.23. The molecule has 0 amide bonds. The highest BCUT2D eigenvalue weighted by Crippen LogP contribution is 2.11. The first-order valence-corrected chi connectivity index (χ1v) is 5.47. The van der Waals surface area contributed by atoms with Crippen molar-refractivity contribution in [2.24, 2.45) is 0 Å². The maximum absolute atomic E-state index is 10.5. The van der Waals surface area contributed by atoms with Crippen LogP contribution in [0.25, 0.3) is 5.69 Å². The number of rotatable bonds is 4. The summed E-state index contributed by atoms with van der Waals surface area (Å²) in [7, 11) is 0. The fraction of sp³-hybridized carbons (Fsp3) is 0.231. The summed E-state index contributed by atoms with van der Waals surface area (Å²) in [6.07, 6.45) is 4.45. The third kappa shape index (κ3) is 2.93. The van der Waals surface area contributed by atoms with Crippen molar-refractivity contribution in [1.29, 1.82) is 0 Å². The second kappa shape index (κ2) is 4.82. The van der Waals surface area contributed by atoms with Gasteiger partial charge < -0.3 is 9.67 Å². The number of aryl methyl sites for hydroxylation is 2. The van der Waals surface area contributed by atoms with Gasteiger partial charge in [0.25, 0.3) is 0 Å². The van der Waals surface area contributed by atoms with Crippen LogP contribution in [0.15, 0.2) is 36.8 Å². The zero-order chi connectivity index (χ0) is 12.3. The maximum atomic E-state index is 10.5. The molecular weight excluding hydrogens is 216 g/mol. The molecule has 0 unspecified atom stereocenters. The Labute approximate surface area is 99.5 Å². The topological polar surface area (TPSA) is 55.1 Å². The Morgan fingerprint density at radius 3 is 2.59 bits per heavy atom. The number of carbonyl (C=O) groups is 1. The van der Waals surface area contributed by atoms with Crippen molar-refractivity contribution >= 4 is 5.97 Å². The third-order valence-corrected chi connectivity index (χ3v) is 2.57. The van der Waals surface area contributed by atoms with Gasteiger partial charge in [-0.2, -0.15) is 0 Å². The highest BCUT2D eigenvalue weighted by atomic mass is 16.4. The highest BCUT2D eigenvalue weighted by molar-refractivity contribution is 5.67. The fourth-order valence-corrected chi connectivity index (χ4v) is 1.65. The number of aliphatic carboxylic acids is 1. The summed E-state index contributed by atoms with van der Waals surface area (Å²) in [5.41, 5.74) is 3.04. The molecule has 1 heterocycles. The van der Waals surface area contributed by atoms with E-state index >= 15 is 0 Å². The van der Waals surface area contributed by atoms with E-state index in [0.717, 1.165) is 16.9 Å². The minimum absolute atomic E-state index is 0.170. The molecule has 0 spiro atoms. The molecule has 88 valence electrons. The Morgan fingerprint density at radius 2 is 2.06 bits per heavy atom. The van der Waals surface area contributed by atoms with Crippen LogP contribution >= 0.6 is 0 Å². The van der Waals surface area contributed by atoms with Gasteiger partial charge in [-0.1, -0.05) is 12.1 Å². The minimum Gasteiger partial charge on any atom is -0.481 e. The fourth-order valence-electron chi connectivity index (χ4n) is 1.65. The molecule has 2 aromatic rings. The summed E-state index contributed by atoms with van der Waals surface area (Å²) >= 11 is 0. The van der Waals surface area contributed by atoms with Crippen molar-refractivity contribution in [3.63, 3.8) is 0 Å². The van der Waals surface area contributed by atoms with Gasteiger partial charge in [-0.15, -0.1) is 0 Å². The Bertz CT molecular complexity index is 514. The zero-order valence-corrected chi connectivity index (χ0v) is 9.63. The molecule has 0 atom stereocenters. The molecule has 17 heavy (non-hydrogen) atoms. The molecule has 0 saturated carbocycles. The number of imidazole rings is 1. The van der Waals surface area contributed by atoms with Crippen molar-refractivity contribution in [2.75, 3.05) is 0 Å². The van der Waals surface area contributed by atoms with E-state index in [-0.39, 0.29) is 6.42 Å². The molecule has 0 aliphatic rings. The molecule has 1 N–H and O–H groups in total. The van der Waals surface area contributed by atoms with Crippen LogP contribution in [0.1, 0.15) is 17.7 Å². The van der Waals surface area contributed by atoms with Crippen molar-refractivity contribution in [1.82, 2.24) is 9.55 Å². The van der Waals surface area contributed by atoms with E-state index in [4.69, 9.17) is 5.11 Å². The lowest BCUT2D eigenvalue weighted by Gasteiger charge is -2.03. The van der Waals surface area contributed by atoms with Crippen LogP contribution in [0.5, 0.6) is 0 Å². The first-order chi connectivity index (χ1) is 8.15. The molecule has 0 radical (unpaired) electrons. The van der Waals surface area contributed by atoms with Crippen LogP contribution < -0.4 is 0 Å². The van der Waals surface area contributed by atoms with Crippen molar-refractivity contribution < 1.29 is 9.90 Å². The average molecular weight is 230 g/mol. The number of hydrogen-bond acceptors (Lipinski definition) is 2. The smallest absolute Gasteiger partial charge is 0.303 e. The van der Waals surface area contributed by atoms with Crippen LogP contribution in [0.3, 0.4) is 0 Å². The summed E-state index contributed by atoms with van der Waals surface area (Å²) in [6, 6.07) is 7.85. The molecule has 4 nitrogen and oxygen atoms in total.